The number of nitrogens with zero attached hydrogens (tertiary/aromatic N) is 2. The molecule has 5 nitrogen and oxygen atoms in total. The van der Waals surface area contributed by atoms with Gasteiger partial charge < -0.3 is 16.0 Å². The van der Waals surface area contributed by atoms with Crippen molar-refractivity contribution in [3.63, 3.8) is 0 Å². The molecule has 1 aliphatic heterocycles. The molecule has 3 N–H and O–H groups in total. The highest BCUT2D eigenvalue weighted by molar-refractivity contribution is 6.31. The zero-order chi connectivity index (χ0) is 14.5. The number of carbonyl (C=O) groups is 1. The lowest BCUT2D eigenvalue weighted by Crippen LogP contribution is -2.46. The molecule has 20 heavy (non-hydrogen) atoms. The molecule has 0 aromatic heterocycles. The first-order chi connectivity index (χ1) is 9.58. The van der Waals surface area contributed by atoms with E-state index in [9.17, 15) is 4.79 Å². The third-order valence-corrected chi connectivity index (χ3v) is 3.83. The van der Waals surface area contributed by atoms with Crippen LogP contribution in [0, 0.1) is 0 Å². The predicted molar refractivity (Wildman–Crippen MR) is 82.5 cm³/mol. The van der Waals surface area contributed by atoms with Crippen LogP contribution in [-0.2, 0) is 0 Å². The number of hydrogen-bond donors (Lipinski definition) is 2. The van der Waals surface area contributed by atoms with Gasteiger partial charge in [-0.2, -0.15) is 0 Å². The van der Waals surface area contributed by atoms with Crippen LogP contribution in [-0.4, -0.2) is 57.1 Å². The fourth-order valence-electron chi connectivity index (χ4n) is 2.38. The summed E-state index contributed by atoms with van der Waals surface area (Å²) in [6.07, 6.45) is 0. The van der Waals surface area contributed by atoms with Crippen molar-refractivity contribution in [1.29, 1.82) is 0 Å². The molecule has 1 amide bonds. The van der Waals surface area contributed by atoms with Gasteiger partial charge in [0.1, 0.15) is 0 Å². The van der Waals surface area contributed by atoms with Crippen LogP contribution in [0.3, 0.4) is 0 Å². The first kappa shape index (κ1) is 15.1. The fourth-order valence-corrected chi connectivity index (χ4v) is 2.54. The molecule has 0 atom stereocenters. The maximum atomic E-state index is 11.5. The van der Waals surface area contributed by atoms with E-state index in [4.69, 9.17) is 17.3 Å². The molecule has 1 fully saturated rings. The van der Waals surface area contributed by atoms with Crippen LogP contribution in [0.15, 0.2) is 18.2 Å². The van der Waals surface area contributed by atoms with Crippen LogP contribution in [0.4, 0.5) is 5.69 Å². The number of carbonyl (C=O) groups excluding carboxylic acids is 1. The number of rotatable bonds is 5. The molecule has 0 unspecified atom stereocenters. The molecule has 6 heteroatoms. The third-order valence-electron chi connectivity index (χ3n) is 3.60. The molecule has 0 spiro atoms. The molecule has 0 saturated carbocycles. The second-order valence-corrected chi connectivity index (χ2v) is 5.48. The van der Waals surface area contributed by atoms with Gasteiger partial charge in [-0.05, 0) is 18.2 Å². The Morgan fingerprint density at radius 3 is 2.80 bits per heavy atom. The maximum absolute atomic E-state index is 11.5. The minimum Gasteiger partial charge on any atom is -0.373 e. The Morgan fingerprint density at radius 2 is 2.15 bits per heavy atom. The Labute approximate surface area is 124 Å². The molecular weight excluding hydrogens is 276 g/mol. The van der Waals surface area contributed by atoms with E-state index in [1.165, 1.54) is 0 Å². The summed E-state index contributed by atoms with van der Waals surface area (Å²) in [5.74, 6) is -0.425. The van der Waals surface area contributed by atoms with Crippen LogP contribution < -0.4 is 16.0 Å². The van der Waals surface area contributed by atoms with Crippen molar-refractivity contribution in [2.45, 2.75) is 0 Å². The van der Waals surface area contributed by atoms with Crippen molar-refractivity contribution in [2.75, 3.05) is 51.2 Å². The highest BCUT2D eigenvalue weighted by Crippen LogP contribution is 2.23. The minimum absolute atomic E-state index is 0.425. The van der Waals surface area contributed by atoms with Crippen molar-refractivity contribution in [3.8, 4) is 0 Å². The Hall–Kier alpha value is -1.30. The molecular formula is C14H21ClN4O. The standard InChI is InChI=1S/C14H21ClN4O/c1-18(8-9-19-6-4-17-5-7-19)13-10-11(15)2-3-12(13)14(16)20/h2-3,10,17H,4-9H2,1H3,(H2,16,20). The van der Waals surface area contributed by atoms with Gasteiger partial charge in [-0.25, -0.2) is 0 Å². The lowest BCUT2D eigenvalue weighted by atomic mass is 10.1. The van der Waals surface area contributed by atoms with E-state index in [0.717, 1.165) is 45.0 Å². The number of likely N-dealkylation sites (N-methyl/N-ethyl adjacent to an activating group) is 1. The number of amides is 1. The average molecular weight is 297 g/mol. The molecule has 1 heterocycles. The summed E-state index contributed by atoms with van der Waals surface area (Å²) in [5, 5.41) is 3.94. The lowest BCUT2D eigenvalue weighted by Gasteiger charge is -2.30. The topological polar surface area (TPSA) is 61.6 Å². The van der Waals surface area contributed by atoms with E-state index in [0.29, 0.717) is 10.6 Å². The molecule has 0 aliphatic carbocycles. The van der Waals surface area contributed by atoms with E-state index >= 15 is 0 Å². The first-order valence-electron chi connectivity index (χ1n) is 6.81. The Bertz CT molecular complexity index is 474. The second kappa shape index (κ2) is 6.92. The van der Waals surface area contributed by atoms with Crippen LogP contribution in [0.1, 0.15) is 10.4 Å². The fraction of sp³-hybridized carbons (Fsp3) is 0.500. The zero-order valence-corrected chi connectivity index (χ0v) is 12.5. The van der Waals surface area contributed by atoms with E-state index in [1.54, 1.807) is 18.2 Å². The highest BCUT2D eigenvalue weighted by Gasteiger charge is 2.14. The third kappa shape index (κ3) is 3.85. The van der Waals surface area contributed by atoms with Gasteiger partial charge in [-0.15, -0.1) is 0 Å². The van der Waals surface area contributed by atoms with Crippen LogP contribution in [0.25, 0.3) is 0 Å². The van der Waals surface area contributed by atoms with Gasteiger partial charge in [-0.1, -0.05) is 11.6 Å². The molecule has 1 aliphatic rings. The normalized spacial score (nSPS) is 16.1. The van der Waals surface area contributed by atoms with Gasteiger partial charge in [0.2, 0.25) is 0 Å². The van der Waals surface area contributed by atoms with E-state index in [-0.39, 0.29) is 0 Å². The van der Waals surface area contributed by atoms with Crippen molar-refractivity contribution < 1.29 is 4.79 Å². The first-order valence-corrected chi connectivity index (χ1v) is 7.19. The molecule has 0 bridgehead atoms. The van der Waals surface area contributed by atoms with Crippen molar-refractivity contribution >= 4 is 23.2 Å². The molecule has 1 aromatic carbocycles. The van der Waals surface area contributed by atoms with Crippen LogP contribution >= 0.6 is 11.6 Å². The number of hydrogen-bond acceptors (Lipinski definition) is 4. The Morgan fingerprint density at radius 1 is 1.45 bits per heavy atom. The van der Waals surface area contributed by atoms with Gasteiger partial charge >= 0.3 is 0 Å². The monoisotopic (exact) mass is 296 g/mol. The summed E-state index contributed by atoms with van der Waals surface area (Å²) in [6, 6.07) is 5.16. The zero-order valence-electron chi connectivity index (χ0n) is 11.7. The summed E-state index contributed by atoms with van der Waals surface area (Å²) >= 11 is 6.02. The quantitative estimate of drug-likeness (QED) is 0.843. The van der Waals surface area contributed by atoms with Gasteiger partial charge in [0.05, 0.1) is 11.3 Å². The maximum Gasteiger partial charge on any atom is 0.250 e. The van der Waals surface area contributed by atoms with E-state index < -0.39 is 5.91 Å². The molecule has 1 aromatic rings. The minimum atomic E-state index is -0.425. The molecule has 2 rings (SSSR count). The number of piperazine rings is 1. The SMILES string of the molecule is CN(CCN1CCNCC1)c1cc(Cl)ccc1C(N)=O. The van der Waals surface area contributed by atoms with Gasteiger partial charge in [0.25, 0.3) is 5.91 Å². The number of nitrogens with two attached hydrogens (primary N) is 1. The summed E-state index contributed by atoms with van der Waals surface area (Å²) in [5.41, 5.74) is 6.72. The van der Waals surface area contributed by atoms with Crippen LogP contribution in [0.2, 0.25) is 5.02 Å². The van der Waals surface area contributed by atoms with Gasteiger partial charge in [0, 0.05) is 51.3 Å². The Kier molecular flexibility index (Phi) is 5.23. The molecule has 110 valence electrons. The largest absolute Gasteiger partial charge is 0.373 e. The number of primary amides is 1. The number of benzene rings is 1. The van der Waals surface area contributed by atoms with Crippen LogP contribution in [0.5, 0.6) is 0 Å². The number of halogens is 1. The number of anilines is 1. The summed E-state index contributed by atoms with van der Waals surface area (Å²) in [6.45, 7) is 5.99. The van der Waals surface area contributed by atoms with Gasteiger partial charge in [-0.3, -0.25) is 9.69 Å². The van der Waals surface area contributed by atoms with Crippen molar-refractivity contribution in [3.05, 3.63) is 28.8 Å². The highest BCUT2D eigenvalue weighted by atomic mass is 35.5. The van der Waals surface area contributed by atoms with Crippen molar-refractivity contribution in [2.24, 2.45) is 5.73 Å². The average Bonchev–Trinajstić information content (AvgIpc) is 2.45. The molecule has 0 radical (unpaired) electrons. The number of nitrogens with one attached hydrogen (secondary N) is 1. The van der Waals surface area contributed by atoms with Crippen molar-refractivity contribution in [1.82, 2.24) is 10.2 Å². The molecule has 1 saturated heterocycles. The predicted octanol–water partition coefficient (Wildman–Crippen LogP) is 0.780. The Balaban J connectivity index is 2.02. The van der Waals surface area contributed by atoms with E-state index in [1.807, 2.05) is 11.9 Å². The lowest BCUT2D eigenvalue weighted by molar-refractivity contribution is 0.100. The summed E-state index contributed by atoms with van der Waals surface area (Å²) < 4.78 is 0. The summed E-state index contributed by atoms with van der Waals surface area (Å²) in [7, 11) is 1.96. The summed E-state index contributed by atoms with van der Waals surface area (Å²) in [4.78, 5) is 15.9. The van der Waals surface area contributed by atoms with E-state index in [2.05, 4.69) is 10.2 Å². The van der Waals surface area contributed by atoms with Gasteiger partial charge in [0.15, 0.2) is 0 Å². The second-order valence-electron chi connectivity index (χ2n) is 5.04. The smallest absolute Gasteiger partial charge is 0.250 e.